The molecule has 0 saturated carbocycles. The number of alkyl halides is 6. The summed E-state index contributed by atoms with van der Waals surface area (Å²) in [4.78, 5) is 29.0. The Kier molecular flexibility index (Phi) is 9.38. The van der Waals surface area contributed by atoms with E-state index < -0.39 is 28.7 Å². The fraction of sp³-hybridized carbons (Fsp3) is 0.519. The lowest BCUT2D eigenvalue weighted by Gasteiger charge is -2.38. The molecule has 1 atom stereocenters. The van der Waals surface area contributed by atoms with Crippen LogP contribution < -0.4 is 15.0 Å². The van der Waals surface area contributed by atoms with Crippen molar-refractivity contribution in [3.05, 3.63) is 58.1 Å². The fourth-order valence-electron chi connectivity index (χ4n) is 5.32. The van der Waals surface area contributed by atoms with Crippen molar-refractivity contribution in [2.75, 3.05) is 56.0 Å². The molecule has 1 N–H and O–H groups in total. The number of halogens is 6. The number of carbonyl (C=O) groups excluding carboxylic acids is 1. The van der Waals surface area contributed by atoms with Gasteiger partial charge in [-0.3, -0.25) is 19.8 Å². The molecule has 0 bridgehead atoms. The van der Waals surface area contributed by atoms with Crippen molar-refractivity contribution >= 4 is 23.0 Å². The van der Waals surface area contributed by atoms with Crippen molar-refractivity contribution in [2.24, 2.45) is 5.92 Å². The Morgan fingerprint density at radius 3 is 2.17 bits per heavy atom. The van der Waals surface area contributed by atoms with Gasteiger partial charge in [0.25, 0.3) is 5.69 Å². The molecule has 42 heavy (non-hydrogen) atoms. The highest BCUT2D eigenvalue weighted by Crippen LogP contribution is 2.38. The van der Waals surface area contributed by atoms with Gasteiger partial charge in [0.2, 0.25) is 5.91 Å². The molecule has 2 heterocycles. The van der Waals surface area contributed by atoms with Crippen LogP contribution in [0.3, 0.4) is 0 Å². The zero-order valence-corrected chi connectivity index (χ0v) is 22.7. The maximum Gasteiger partial charge on any atom is 0.573 e. The summed E-state index contributed by atoms with van der Waals surface area (Å²) in [6.45, 7) is 5.93. The van der Waals surface area contributed by atoms with Crippen molar-refractivity contribution < 1.29 is 40.8 Å². The van der Waals surface area contributed by atoms with Gasteiger partial charge in [0.1, 0.15) is 11.3 Å². The molecule has 0 unspecified atom stereocenters. The number of ether oxygens (including phenoxy) is 1. The molecule has 230 valence electrons. The molecule has 2 aliphatic heterocycles. The Hall–Kier alpha value is -3.75. The van der Waals surface area contributed by atoms with E-state index in [4.69, 9.17) is 0 Å². The van der Waals surface area contributed by atoms with Crippen LogP contribution in [0.15, 0.2) is 42.5 Å². The van der Waals surface area contributed by atoms with Crippen LogP contribution in [-0.2, 0) is 11.0 Å². The van der Waals surface area contributed by atoms with Crippen molar-refractivity contribution in [2.45, 2.75) is 38.3 Å². The van der Waals surface area contributed by atoms with Gasteiger partial charge >= 0.3 is 12.5 Å². The number of hydrogen-bond acceptors (Lipinski definition) is 7. The second-order valence-corrected chi connectivity index (χ2v) is 10.5. The van der Waals surface area contributed by atoms with Crippen molar-refractivity contribution in [3.8, 4) is 5.75 Å². The lowest BCUT2D eigenvalue weighted by Crippen LogP contribution is -2.50. The van der Waals surface area contributed by atoms with E-state index in [9.17, 15) is 41.3 Å². The Bertz CT molecular complexity index is 1240. The monoisotopic (exact) mass is 603 g/mol. The predicted molar refractivity (Wildman–Crippen MR) is 142 cm³/mol. The van der Waals surface area contributed by atoms with Gasteiger partial charge in [-0.15, -0.1) is 13.2 Å². The number of nitrogens with one attached hydrogen (secondary N) is 1. The molecular formula is C27H31F6N5O4. The second-order valence-electron chi connectivity index (χ2n) is 10.5. The summed E-state index contributed by atoms with van der Waals surface area (Å²) in [7, 11) is 0. The van der Waals surface area contributed by atoms with Crippen LogP contribution in [0.1, 0.15) is 25.3 Å². The summed E-state index contributed by atoms with van der Waals surface area (Å²) in [6.07, 6.45) is -8.57. The lowest BCUT2D eigenvalue weighted by molar-refractivity contribution is -0.388. The summed E-state index contributed by atoms with van der Waals surface area (Å²) in [6, 6.07) is 8.37. The van der Waals surface area contributed by atoms with E-state index in [-0.39, 0.29) is 29.3 Å². The third kappa shape index (κ3) is 8.17. The number of nitrogens with zero attached hydrogens (tertiary/aromatic N) is 4. The number of rotatable bonds is 8. The maximum atomic E-state index is 13.3. The number of anilines is 2. The number of nitro groups is 1. The first-order valence-electron chi connectivity index (χ1n) is 13.4. The number of amides is 1. The Morgan fingerprint density at radius 1 is 1.00 bits per heavy atom. The standard InChI is InChI=1S/C27H31F6N5O4/c1-18(17-35-12-14-36(15-13-35)21-3-5-22(6-4-21)42-27(31,32)33)25(39)37-10-8-19(9-11-37)34-20-2-7-24(38(40)41)23(16-20)26(28,29)30/h2-7,16,18-19,34H,8-15,17H2,1H3/t18-/m0/s1. The SMILES string of the molecule is C[C@@H](CN1CCN(c2ccc(OC(F)(F)F)cc2)CC1)C(=O)N1CCC(Nc2ccc([N+](=O)[O-])c(C(F)(F)F)c2)CC1. The molecule has 2 aromatic carbocycles. The first kappa shape index (κ1) is 31.2. The highest BCUT2D eigenvalue weighted by molar-refractivity contribution is 5.78. The number of nitro benzene ring substituents is 1. The smallest absolute Gasteiger partial charge is 0.406 e. The quantitative estimate of drug-likeness (QED) is 0.246. The zero-order chi connectivity index (χ0) is 30.7. The highest BCUT2D eigenvalue weighted by Gasteiger charge is 2.39. The average molecular weight is 604 g/mol. The van der Waals surface area contributed by atoms with Crippen LogP contribution in [0.25, 0.3) is 0 Å². The van der Waals surface area contributed by atoms with Crippen LogP contribution in [0, 0.1) is 16.0 Å². The van der Waals surface area contributed by atoms with Crippen molar-refractivity contribution in [1.29, 1.82) is 0 Å². The Labute approximate surface area is 238 Å². The second kappa shape index (κ2) is 12.6. The molecule has 0 aromatic heterocycles. The number of likely N-dealkylation sites (tertiary alicyclic amines) is 1. The summed E-state index contributed by atoms with van der Waals surface area (Å²) >= 11 is 0. The van der Waals surface area contributed by atoms with Gasteiger partial charge in [0, 0.05) is 75.2 Å². The average Bonchev–Trinajstić information content (AvgIpc) is 2.92. The molecular weight excluding hydrogens is 572 g/mol. The van der Waals surface area contributed by atoms with E-state index in [1.165, 1.54) is 18.2 Å². The van der Waals surface area contributed by atoms with Gasteiger partial charge in [0.05, 0.1) is 4.92 Å². The number of benzene rings is 2. The molecule has 2 aromatic rings. The number of carbonyl (C=O) groups is 1. The molecule has 4 rings (SSSR count). The molecule has 1 amide bonds. The van der Waals surface area contributed by atoms with Crippen LogP contribution in [0.4, 0.5) is 43.4 Å². The van der Waals surface area contributed by atoms with Gasteiger partial charge in [-0.1, -0.05) is 6.92 Å². The van der Waals surface area contributed by atoms with Gasteiger partial charge < -0.3 is 19.9 Å². The normalized spacial score (nSPS) is 18.1. The van der Waals surface area contributed by atoms with Gasteiger partial charge in [-0.25, -0.2) is 0 Å². The van der Waals surface area contributed by atoms with Gasteiger partial charge in [-0.05, 0) is 49.2 Å². The molecule has 0 aliphatic carbocycles. The van der Waals surface area contributed by atoms with Crippen molar-refractivity contribution in [3.63, 3.8) is 0 Å². The van der Waals surface area contributed by atoms with E-state index in [1.54, 1.807) is 17.0 Å². The third-order valence-corrected chi connectivity index (χ3v) is 7.44. The first-order valence-corrected chi connectivity index (χ1v) is 13.4. The zero-order valence-electron chi connectivity index (χ0n) is 22.7. The summed E-state index contributed by atoms with van der Waals surface area (Å²) < 4.78 is 80.9. The van der Waals surface area contributed by atoms with E-state index >= 15 is 0 Å². The summed E-state index contributed by atoms with van der Waals surface area (Å²) in [5.41, 5.74) is -1.39. The van der Waals surface area contributed by atoms with E-state index in [1.807, 2.05) is 6.92 Å². The van der Waals surface area contributed by atoms with Crippen LogP contribution in [0.2, 0.25) is 0 Å². The minimum Gasteiger partial charge on any atom is -0.406 e. The maximum absolute atomic E-state index is 13.3. The third-order valence-electron chi connectivity index (χ3n) is 7.44. The highest BCUT2D eigenvalue weighted by atomic mass is 19.4. The fourth-order valence-corrected chi connectivity index (χ4v) is 5.32. The molecule has 0 spiro atoms. The minimum atomic E-state index is -4.86. The van der Waals surface area contributed by atoms with E-state index in [2.05, 4.69) is 19.9 Å². The molecule has 2 aliphatic rings. The largest absolute Gasteiger partial charge is 0.573 e. The molecule has 2 fully saturated rings. The number of piperazine rings is 1. The molecule has 2 saturated heterocycles. The molecule has 15 heteroatoms. The van der Waals surface area contributed by atoms with E-state index in [0.29, 0.717) is 58.7 Å². The van der Waals surface area contributed by atoms with Crippen LogP contribution >= 0.6 is 0 Å². The number of piperidine rings is 1. The van der Waals surface area contributed by atoms with E-state index in [0.717, 1.165) is 17.8 Å². The molecule has 9 nitrogen and oxygen atoms in total. The molecule has 0 radical (unpaired) electrons. The lowest BCUT2D eigenvalue weighted by atomic mass is 10.0. The van der Waals surface area contributed by atoms with Crippen molar-refractivity contribution in [1.82, 2.24) is 9.80 Å². The Balaban J connectivity index is 1.22. The Morgan fingerprint density at radius 2 is 1.62 bits per heavy atom. The van der Waals surface area contributed by atoms with Crippen LogP contribution in [0.5, 0.6) is 5.75 Å². The van der Waals surface area contributed by atoms with Gasteiger partial charge in [0.15, 0.2) is 0 Å². The topological polar surface area (TPSA) is 91.2 Å². The predicted octanol–water partition coefficient (Wildman–Crippen LogP) is 5.37. The minimum absolute atomic E-state index is 0.00849. The summed E-state index contributed by atoms with van der Waals surface area (Å²) in [5, 5.41) is 14.0. The van der Waals surface area contributed by atoms with Crippen LogP contribution in [-0.4, -0.2) is 78.8 Å². The summed E-state index contributed by atoms with van der Waals surface area (Å²) in [5.74, 6) is -0.561. The number of hydrogen-bond donors (Lipinski definition) is 1. The van der Waals surface area contributed by atoms with Gasteiger partial charge in [-0.2, -0.15) is 13.2 Å². The first-order chi connectivity index (χ1) is 19.7.